The number of esters is 2. The zero-order chi connectivity index (χ0) is 24.6. The Kier molecular flexibility index (Phi) is 6.19. The van der Waals surface area contributed by atoms with Crippen molar-refractivity contribution in [1.82, 2.24) is 14.6 Å². The first-order chi connectivity index (χ1) is 16.8. The van der Waals surface area contributed by atoms with Crippen LogP contribution in [0.4, 0.5) is 10.6 Å². The summed E-state index contributed by atoms with van der Waals surface area (Å²) in [5, 5.41) is 4.26. The van der Waals surface area contributed by atoms with Crippen LogP contribution in [-0.4, -0.2) is 76.9 Å². The van der Waals surface area contributed by atoms with Gasteiger partial charge in [0.2, 0.25) is 0 Å². The lowest BCUT2D eigenvalue weighted by atomic mass is 9.92. The van der Waals surface area contributed by atoms with Crippen molar-refractivity contribution in [1.29, 1.82) is 0 Å². The van der Waals surface area contributed by atoms with Crippen molar-refractivity contribution >= 4 is 29.4 Å². The standard InChI is InChI=1S/C22H26N4O9/c1-22(15-6-5-13-20(23)24-11-25-26(13)15)19-18(33-16(27)3-2-4-17(28)34-19)14(35-22)10-31-21(29)32-12-7-8-30-9-12/h5-6,11-12,14,18-19H,2-4,7-10H2,1H3,(H2,23,24,25)/t12?,14-,18-,19-,22+/m1/s1. The number of nitrogens with two attached hydrogens (primary N) is 1. The van der Waals surface area contributed by atoms with Crippen molar-refractivity contribution in [2.24, 2.45) is 0 Å². The molecule has 5 rings (SSSR count). The van der Waals surface area contributed by atoms with Gasteiger partial charge in [-0.2, -0.15) is 5.10 Å². The number of carbonyl (C=O) groups is 3. The summed E-state index contributed by atoms with van der Waals surface area (Å²) in [6.45, 7) is 2.20. The van der Waals surface area contributed by atoms with Gasteiger partial charge < -0.3 is 34.2 Å². The van der Waals surface area contributed by atoms with Crippen molar-refractivity contribution in [3.05, 3.63) is 24.2 Å². The molecule has 3 aliphatic rings. The number of hydrogen-bond donors (Lipinski definition) is 1. The second-order valence-electron chi connectivity index (χ2n) is 8.81. The SMILES string of the molecule is C[C@@]1(c2ccc3c(N)ncnn23)O[C@H](COC(=O)OC2CCOC2)[C@H]2OC(=O)CCCC(=O)O[C@H]21. The highest BCUT2D eigenvalue weighted by atomic mass is 16.7. The number of carbonyl (C=O) groups excluding carboxylic acids is 3. The fraction of sp³-hybridized carbons (Fsp3) is 0.591. The van der Waals surface area contributed by atoms with E-state index in [0.717, 1.165) is 0 Å². The van der Waals surface area contributed by atoms with Crippen LogP contribution in [0.1, 0.15) is 38.3 Å². The van der Waals surface area contributed by atoms with E-state index < -0.39 is 42.0 Å². The highest BCUT2D eigenvalue weighted by Crippen LogP contribution is 2.44. The van der Waals surface area contributed by atoms with E-state index in [2.05, 4.69) is 10.1 Å². The third-order valence-electron chi connectivity index (χ3n) is 6.40. The van der Waals surface area contributed by atoms with Crippen LogP contribution in [0.25, 0.3) is 5.52 Å². The van der Waals surface area contributed by atoms with E-state index in [-0.39, 0.29) is 31.4 Å². The van der Waals surface area contributed by atoms with Gasteiger partial charge in [-0.3, -0.25) is 9.59 Å². The van der Waals surface area contributed by atoms with Crippen LogP contribution in [0.5, 0.6) is 0 Å². The molecule has 2 N–H and O–H groups in total. The van der Waals surface area contributed by atoms with Crippen LogP contribution < -0.4 is 5.73 Å². The van der Waals surface area contributed by atoms with Crippen molar-refractivity contribution < 1.29 is 42.8 Å². The van der Waals surface area contributed by atoms with E-state index in [1.54, 1.807) is 19.1 Å². The molecule has 0 amide bonds. The minimum Gasteiger partial charge on any atom is -0.455 e. The molecule has 1 unspecified atom stereocenters. The summed E-state index contributed by atoms with van der Waals surface area (Å²) in [7, 11) is 0. The fourth-order valence-corrected chi connectivity index (χ4v) is 4.65. The van der Waals surface area contributed by atoms with Crippen LogP contribution in [0.15, 0.2) is 18.5 Å². The zero-order valence-corrected chi connectivity index (χ0v) is 19.1. The maximum Gasteiger partial charge on any atom is 0.508 e. The van der Waals surface area contributed by atoms with Crippen molar-refractivity contribution in [3.8, 4) is 0 Å². The second-order valence-corrected chi connectivity index (χ2v) is 8.81. The Morgan fingerprint density at radius 1 is 1.26 bits per heavy atom. The molecule has 188 valence electrons. The van der Waals surface area contributed by atoms with E-state index in [0.29, 0.717) is 37.3 Å². The lowest BCUT2D eigenvalue weighted by Gasteiger charge is -2.30. The Morgan fingerprint density at radius 2 is 2.06 bits per heavy atom. The molecule has 0 spiro atoms. The van der Waals surface area contributed by atoms with Gasteiger partial charge in [-0.1, -0.05) is 0 Å². The molecular formula is C22H26N4O9. The molecule has 13 heteroatoms. The largest absolute Gasteiger partial charge is 0.508 e. The summed E-state index contributed by atoms with van der Waals surface area (Å²) in [5.74, 6) is -0.750. The summed E-state index contributed by atoms with van der Waals surface area (Å²) in [4.78, 5) is 41.3. The van der Waals surface area contributed by atoms with Gasteiger partial charge in [-0.05, 0) is 25.5 Å². The molecule has 2 aromatic rings. The van der Waals surface area contributed by atoms with E-state index in [1.165, 1.54) is 10.8 Å². The Balaban J connectivity index is 1.45. The van der Waals surface area contributed by atoms with Gasteiger partial charge >= 0.3 is 18.1 Å². The first-order valence-electron chi connectivity index (χ1n) is 11.4. The Morgan fingerprint density at radius 3 is 2.83 bits per heavy atom. The lowest BCUT2D eigenvalue weighted by Crippen LogP contribution is -2.45. The minimum absolute atomic E-state index is 0.0458. The number of anilines is 1. The van der Waals surface area contributed by atoms with E-state index in [9.17, 15) is 14.4 Å². The Bertz CT molecular complexity index is 1130. The number of fused-ring (bicyclic) bond motifs is 2. The lowest BCUT2D eigenvalue weighted by molar-refractivity contribution is -0.168. The van der Waals surface area contributed by atoms with Gasteiger partial charge in [0.1, 0.15) is 36.3 Å². The first kappa shape index (κ1) is 23.3. The molecule has 0 bridgehead atoms. The first-order valence-corrected chi connectivity index (χ1v) is 11.4. The average Bonchev–Trinajstić information content (AvgIpc) is 3.54. The average molecular weight is 490 g/mol. The molecule has 0 radical (unpaired) electrons. The number of ether oxygens (including phenoxy) is 6. The van der Waals surface area contributed by atoms with Gasteiger partial charge in [0.05, 0.1) is 18.9 Å². The zero-order valence-electron chi connectivity index (χ0n) is 19.1. The van der Waals surface area contributed by atoms with Crippen LogP contribution in [-0.2, 0) is 43.6 Å². The van der Waals surface area contributed by atoms with Crippen LogP contribution in [0, 0.1) is 0 Å². The highest BCUT2D eigenvalue weighted by Gasteiger charge is 2.59. The van der Waals surface area contributed by atoms with Gasteiger partial charge in [0, 0.05) is 19.3 Å². The van der Waals surface area contributed by atoms with E-state index in [1.807, 2.05) is 0 Å². The van der Waals surface area contributed by atoms with Gasteiger partial charge in [0.15, 0.2) is 18.0 Å². The fourth-order valence-electron chi connectivity index (χ4n) is 4.65. The monoisotopic (exact) mass is 490 g/mol. The van der Waals surface area contributed by atoms with Crippen molar-refractivity contribution in [3.63, 3.8) is 0 Å². The van der Waals surface area contributed by atoms with E-state index >= 15 is 0 Å². The van der Waals surface area contributed by atoms with Crippen molar-refractivity contribution in [2.45, 2.75) is 62.6 Å². The molecule has 3 aliphatic heterocycles. The number of nitrogen functional groups attached to an aromatic ring is 1. The predicted octanol–water partition coefficient (Wildman–Crippen LogP) is 0.875. The maximum atomic E-state index is 12.6. The smallest absolute Gasteiger partial charge is 0.455 e. The summed E-state index contributed by atoms with van der Waals surface area (Å²) < 4.78 is 35.1. The molecule has 5 atom stereocenters. The third-order valence-corrected chi connectivity index (χ3v) is 6.40. The summed E-state index contributed by atoms with van der Waals surface area (Å²) in [6.07, 6.45) is -2.04. The number of rotatable bonds is 4. The third kappa shape index (κ3) is 4.48. The molecular weight excluding hydrogens is 464 g/mol. The topological polar surface area (TPSA) is 163 Å². The van der Waals surface area contributed by atoms with Crippen LogP contribution in [0.2, 0.25) is 0 Å². The molecule has 2 aromatic heterocycles. The Hall–Kier alpha value is -3.45. The van der Waals surface area contributed by atoms with Crippen LogP contribution in [0.3, 0.4) is 0 Å². The molecule has 3 saturated heterocycles. The molecule has 0 aliphatic carbocycles. The quantitative estimate of drug-likeness (QED) is 0.476. The number of aromatic nitrogens is 3. The molecule has 13 nitrogen and oxygen atoms in total. The molecule has 5 heterocycles. The second kappa shape index (κ2) is 9.30. The molecule has 35 heavy (non-hydrogen) atoms. The highest BCUT2D eigenvalue weighted by molar-refractivity contribution is 5.74. The summed E-state index contributed by atoms with van der Waals surface area (Å²) >= 11 is 0. The summed E-state index contributed by atoms with van der Waals surface area (Å²) in [6, 6.07) is 3.43. The molecule has 3 fully saturated rings. The number of nitrogens with zero attached hydrogens (tertiary/aromatic N) is 3. The maximum absolute atomic E-state index is 12.6. The normalized spacial score (nSPS) is 31.1. The van der Waals surface area contributed by atoms with Crippen molar-refractivity contribution in [2.75, 3.05) is 25.6 Å². The van der Waals surface area contributed by atoms with Crippen LogP contribution >= 0.6 is 0 Å². The summed E-state index contributed by atoms with van der Waals surface area (Å²) in [5.41, 5.74) is 5.67. The minimum atomic E-state index is -1.32. The number of hydrogen-bond acceptors (Lipinski definition) is 12. The predicted molar refractivity (Wildman–Crippen MR) is 115 cm³/mol. The molecule has 0 aromatic carbocycles. The van der Waals surface area contributed by atoms with Gasteiger partial charge in [-0.25, -0.2) is 14.3 Å². The van der Waals surface area contributed by atoms with E-state index in [4.69, 9.17) is 34.2 Å². The van der Waals surface area contributed by atoms with Gasteiger partial charge in [-0.15, -0.1) is 0 Å². The van der Waals surface area contributed by atoms with Gasteiger partial charge in [0.25, 0.3) is 0 Å². The molecule has 0 saturated carbocycles. The Labute approximate surface area is 199 Å².